The summed E-state index contributed by atoms with van der Waals surface area (Å²) in [7, 11) is -1.21. The molecule has 1 unspecified atom stereocenters. The molecular weight excluding hydrogens is 303 g/mol. The fourth-order valence-corrected chi connectivity index (χ4v) is 3.04. The number of rotatable bonds is 3. The molecule has 0 spiro atoms. The minimum Gasteiger partial charge on any atom is -0.254 e. The second kappa shape index (κ2) is 5.56. The van der Waals surface area contributed by atoms with Crippen LogP contribution in [0.1, 0.15) is 5.56 Å². The lowest BCUT2D eigenvalue weighted by Crippen LogP contribution is -1.96. The highest BCUT2D eigenvalue weighted by molar-refractivity contribution is 9.10. The first-order chi connectivity index (χ1) is 8.15. The van der Waals surface area contributed by atoms with Crippen molar-refractivity contribution in [2.45, 2.75) is 10.6 Å². The Morgan fingerprint density at radius 3 is 2.59 bits per heavy atom. The van der Waals surface area contributed by atoms with Crippen molar-refractivity contribution in [1.29, 1.82) is 0 Å². The fourth-order valence-electron chi connectivity index (χ4n) is 1.47. The maximum atomic E-state index is 13.0. The summed E-state index contributed by atoms with van der Waals surface area (Å²) in [5.74, 6) is 0.0354. The molecule has 0 aliphatic heterocycles. The summed E-state index contributed by atoms with van der Waals surface area (Å²) in [6.07, 6.45) is 0. The Balaban J connectivity index is 2.17. The van der Waals surface area contributed by atoms with Crippen molar-refractivity contribution in [3.8, 4) is 0 Å². The maximum Gasteiger partial charge on any atom is 0.124 e. The van der Waals surface area contributed by atoms with Crippen LogP contribution in [-0.2, 0) is 16.6 Å². The quantitative estimate of drug-likeness (QED) is 0.840. The molecule has 1 nitrogen and oxygen atoms in total. The van der Waals surface area contributed by atoms with Crippen LogP contribution in [0.15, 0.2) is 57.9 Å². The molecule has 0 saturated heterocycles. The monoisotopic (exact) mass is 312 g/mol. The first-order valence-electron chi connectivity index (χ1n) is 5.03. The molecule has 0 amide bonds. The summed E-state index contributed by atoms with van der Waals surface area (Å²) in [6, 6.07) is 13.5. The van der Waals surface area contributed by atoms with Gasteiger partial charge in [0.05, 0.1) is 16.6 Å². The third-order valence-electron chi connectivity index (χ3n) is 2.25. The van der Waals surface area contributed by atoms with E-state index in [4.69, 9.17) is 0 Å². The molecule has 0 saturated carbocycles. The van der Waals surface area contributed by atoms with Gasteiger partial charge >= 0.3 is 0 Å². The predicted octanol–water partition coefficient (Wildman–Crippen LogP) is 3.90. The minimum atomic E-state index is -1.21. The van der Waals surface area contributed by atoms with E-state index in [1.165, 1.54) is 12.1 Å². The van der Waals surface area contributed by atoms with Crippen LogP contribution >= 0.6 is 15.9 Å². The molecule has 0 aromatic heterocycles. The lowest BCUT2D eigenvalue weighted by atomic mass is 10.2. The van der Waals surface area contributed by atoms with Crippen LogP contribution < -0.4 is 0 Å². The first-order valence-corrected chi connectivity index (χ1v) is 7.15. The summed E-state index contributed by atoms with van der Waals surface area (Å²) >= 11 is 3.36. The van der Waals surface area contributed by atoms with E-state index in [2.05, 4.69) is 15.9 Å². The van der Waals surface area contributed by atoms with E-state index in [9.17, 15) is 8.60 Å². The van der Waals surface area contributed by atoms with Gasteiger partial charge in [-0.1, -0.05) is 34.1 Å². The molecule has 2 aromatic rings. The zero-order valence-electron chi connectivity index (χ0n) is 8.90. The van der Waals surface area contributed by atoms with Crippen molar-refractivity contribution in [2.75, 3.05) is 0 Å². The largest absolute Gasteiger partial charge is 0.254 e. The Morgan fingerprint density at radius 2 is 1.88 bits per heavy atom. The standard InChI is InChI=1S/C13H10BrFOS/c14-11-4-1-3-10(7-11)9-17(16)13-6-2-5-12(15)8-13/h1-8H,9H2. The van der Waals surface area contributed by atoms with Gasteiger partial charge in [-0.05, 0) is 35.9 Å². The Morgan fingerprint density at radius 1 is 1.12 bits per heavy atom. The lowest BCUT2D eigenvalue weighted by molar-refractivity contribution is 0.622. The highest BCUT2D eigenvalue weighted by Crippen LogP contribution is 2.16. The summed E-state index contributed by atoms with van der Waals surface area (Å²) in [5.41, 5.74) is 0.960. The van der Waals surface area contributed by atoms with Gasteiger partial charge in [0.15, 0.2) is 0 Å². The second-order valence-corrected chi connectivity index (χ2v) is 5.94. The van der Waals surface area contributed by atoms with Crippen molar-refractivity contribution < 1.29 is 8.60 Å². The molecule has 0 radical (unpaired) electrons. The number of hydrogen-bond acceptors (Lipinski definition) is 1. The summed E-state index contributed by atoms with van der Waals surface area (Å²) in [5, 5.41) is 0. The molecule has 0 heterocycles. The van der Waals surface area contributed by atoms with E-state index in [1.54, 1.807) is 12.1 Å². The van der Waals surface area contributed by atoms with Crippen LogP contribution in [0.3, 0.4) is 0 Å². The molecule has 0 N–H and O–H groups in total. The van der Waals surface area contributed by atoms with Gasteiger partial charge in [-0.15, -0.1) is 0 Å². The Labute approximate surface area is 110 Å². The van der Waals surface area contributed by atoms with Gasteiger partial charge in [0.2, 0.25) is 0 Å². The molecule has 17 heavy (non-hydrogen) atoms. The Bertz CT molecular complexity index is 557. The maximum absolute atomic E-state index is 13.0. The SMILES string of the molecule is O=S(Cc1cccc(Br)c1)c1cccc(F)c1. The van der Waals surface area contributed by atoms with Crippen LogP contribution in [0.2, 0.25) is 0 Å². The first kappa shape index (κ1) is 12.5. The van der Waals surface area contributed by atoms with Crippen molar-refractivity contribution in [3.63, 3.8) is 0 Å². The zero-order valence-corrected chi connectivity index (χ0v) is 11.3. The molecule has 0 aliphatic rings. The van der Waals surface area contributed by atoms with Gasteiger partial charge in [-0.25, -0.2) is 4.39 Å². The topological polar surface area (TPSA) is 17.1 Å². The summed E-state index contributed by atoms with van der Waals surface area (Å²) < 4.78 is 25.9. The second-order valence-electron chi connectivity index (χ2n) is 3.58. The van der Waals surface area contributed by atoms with Gasteiger partial charge in [0, 0.05) is 9.37 Å². The van der Waals surface area contributed by atoms with E-state index in [0.29, 0.717) is 10.6 Å². The van der Waals surface area contributed by atoms with E-state index in [1.807, 2.05) is 24.3 Å². The molecular formula is C13H10BrFOS. The number of benzene rings is 2. The van der Waals surface area contributed by atoms with Crippen LogP contribution in [0.5, 0.6) is 0 Å². The lowest BCUT2D eigenvalue weighted by Gasteiger charge is -2.03. The van der Waals surface area contributed by atoms with Crippen LogP contribution in [-0.4, -0.2) is 4.21 Å². The normalized spacial score (nSPS) is 12.4. The minimum absolute atomic E-state index is 0.356. The zero-order chi connectivity index (χ0) is 12.3. The van der Waals surface area contributed by atoms with Crippen LogP contribution in [0.4, 0.5) is 4.39 Å². The smallest absolute Gasteiger partial charge is 0.124 e. The Kier molecular flexibility index (Phi) is 4.07. The van der Waals surface area contributed by atoms with E-state index in [0.717, 1.165) is 10.0 Å². The number of hydrogen-bond donors (Lipinski definition) is 0. The fraction of sp³-hybridized carbons (Fsp3) is 0.0769. The van der Waals surface area contributed by atoms with Gasteiger partial charge in [-0.2, -0.15) is 0 Å². The van der Waals surface area contributed by atoms with Crippen molar-refractivity contribution >= 4 is 26.7 Å². The Hall–Kier alpha value is -1.00. The molecule has 0 bridgehead atoms. The molecule has 0 aliphatic carbocycles. The van der Waals surface area contributed by atoms with Gasteiger partial charge in [-0.3, -0.25) is 4.21 Å². The summed E-state index contributed by atoms with van der Waals surface area (Å²) in [6.45, 7) is 0. The molecule has 1 atom stereocenters. The van der Waals surface area contributed by atoms with Crippen molar-refractivity contribution in [1.82, 2.24) is 0 Å². The summed E-state index contributed by atoms with van der Waals surface area (Å²) in [4.78, 5) is 0.518. The third-order valence-corrected chi connectivity index (χ3v) is 4.11. The molecule has 2 aromatic carbocycles. The highest BCUT2D eigenvalue weighted by Gasteiger charge is 2.06. The van der Waals surface area contributed by atoms with Crippen molar-refractivity contribution in [3.05, 3.63) is 64.4 Å². The predicted molar refractivity (Wildman–Crippen MR) is 70.7 cm³/mol. The average molecular weight is 313 g/mol. The number of halogens is 2. The molecule has 0 fully saturated rings. The molecule has 4 heteroatoms. The third kappa shape index (κ3) is 3.48. The van der Waals surface area contributed by atoms with E-state index >= 15 is 0 Å². The van der Waals surface area contributed by atoms with Crippen LogP contribution in [0.25, 0.3) is 0 Å². The van der Waals surface area contributed by atoms with Gasteiger partial charge in [0.1, 0.15) is 5.82 Å². The highest BCUT2D eigenvalue weighted by atomic mass is 79.9. The molecule has 2 rings (SSSR count). The van der Waals surface area contributed by atoms with Crippen LogP contribution in [0, 0.1) is 5.82 Å². The van der Waals surface area contributed by atoms with Gasteiger partial charge < -0.3 is 0 Å². The van der Waals surface area contributed by atoms with Gasteiger partial charge in [0.25, 0.3) is 0 Å². The van der Waals surface area contributed by atoms with E-state index < -0.39 is 10.8 Å². The average Bonchev–Trinajstić information content (AvgIpc) is 2.29. The van der Waals surface area contributed by atoms with Crippen molar-refractivity contribution in [2.24, 2.45) is 0 Å². The molecule has 88 valence electrons. The van der Waals surface area contributed by atoms with E-state index in [-0.39, 0.29) is 5.82 Å².